The standard InChI is InChI=1S/C26H21BrN6O2/c1-33-23-7-6-19(14-21(23)32-26(33)31-18-4-2-17(27)3-5-18)35-20-10-13-30-22(15-20)24(25(28)34)16-8-11-29-12-9-16/h2-15,24H,1H3,(H2,28,34)(H,31,32). The van der Waals surface area contributed by atoms with Crippen LogP contribution in [0.3, 0.4) is 0 Å². The number of carbonyl (C=O) groups excluding carboxylic acids is 1. The molecule has 174 valence electrons. The number of benzene rings is 2. The SMILES string of the molecule is Cn1c(Nc2ccc(Br)cc2)nc2cc(Oc3ccnc(C(C(N)=O)c4ccncc4)c3)ccc21. The number of amides is 1. The lowest BCUT2D eigenvalue weighted by Crippen LogP contribution is -2.23. The zero-order valence-electron chi connectivity index (χ0n) is 18.7. The molecule has 8 nitrogen and oxygen atoms in total. The van der Waals surface area contributed by atoms with E-state index in [1.165, 1.54) is 0 Å². The van der Waals surface area contributed by atoms with E-state index in [1.807, 2.05) is 54.1 Å². The van der Waals surface area contributed by atoms with Gasteiger partial charge in [-0.2, -0.15) is 0 Å². The molecule has 0 aliphatic carbocycles. The fourth-order valence-electron chi connectivity index (χ4n) is 3.84. The normalized spacial score (nSPS) is 11.8. The number of nitrogens with one attached hydrogen (secondary N) is 1. The molecular weight excluding hydrogens is 508 g/mol. The molecule has 1 amide bonds. The Balaban J connectivity index is 1.41. The van der Waals surface area contributed by atoms with Crippen LogP contribution >= 0.6 is 15.9 Å². The van der Waals surface area contributed by atoms with Crippen molar-refractivity contribution in [2.45, 2.75) is 5.92 Å². The smallest absolute Gasteiger partial charge is 0.231 e. The third-order valence-electron chi connectivity index (χ3n) is 5.56. The molecule has 5 aromatic rings. The summed E-state index contributed by atoms with van der Waals surface area (Å²) in [6, 6.07) is 20.5. The van der Waals surface area contributed by atoms with Crippen LogP contribution in [0.1, 0.15) is 17.2 Å². The highest BCUT2D eigenvalue weighted by Gasteiger charge is 2.22. The minimum Gasteiger partial charge on any atom is -0.457 e. The molecule has 0 aliphatic rings. The van der Waals surface area contributed by atoms with Gasteiger partial charge < -0.3 is 20.4 Å². The second kappa shape index (κ2) is 9.55. The zero-order chi connectivity index (χ0) is 24.4. The van der Waals surface area contributed by atoms with E-state index < -0.39 is 11.8 Å². The molecule has 0 fully saturated rings. The number of ether oxygens (including phenoxy) is 1. The Labute approximate surface area is 209 Å². The van der Waals surface area contributed by atoms with Crippen molar-refractivity contribution in [1.29, 1.82) is 0 Å². The van der Waals surface area contributed by atoms with Gasteiger partial charge in [-0.05, 0) is 60.2 Å². The summed E-state index contributed by atoms with van der Waals surface area (Å²) in [7, 11) is 1.95. The molecule has 9 heteroatoms. The summed E-state index contributed by atoms with van der Waals surface area (Å²) in [5.41, 5.74) is 9.58. The van der Waals surface area contributed by atoms with E-state index in [1.54, 1.807) is 42.9 Å². The fourth-order valence-corrected chi connectivity index (χ4v) is 4.10. The molecule has 0 radical (unpaired) electrons. The molecule has 1 atom stereocenters. The Morgan fingerprint density at radius 1 is 1.00 bits per heavy atom. The molecule has 1 unspecified atom stereocenters. The van der Waals surface area contributed by atoms with Crippen molar-refractivity contribution < 1.29 is 9.53 Å². The number of hydrogen-bond donors (Lipinski definition) is 2. The van der Waals surface area contributed by atoms with Gasteiger partial charge in [-0.1, -0.05) is 15.9 Å². The van der Waals surface area contributed by atoms with Crippen molar-refractivity contribution in [1.82, 2.24) is 19.5 Å². The van der Waals surface area contributed by atoms with Crippen LogP contribution in [0.4, 0.5) is 11.6 Å². The van der Waals surface area contributed by atoms with E-state index in [9.17, 15) is 4.79 Å². The van der Waals surface area contributed by atoms with Gasteiger partial charge in [0.2, 0.25) is 11.9 Å². The number of aromatic nitrogens is 4. The Bertz CT molecular complexity index is 1500. The van der Waals surface area contributed by atoms with Gasteiger partial charge in [0.25, 0.3) is 0 Å². The number of anilines is 2. The molecular formula is C26H21BrN6O2. The molecule has 0 spiro atoms. The average Bonchev–Trinajstić information content (AvgIpc) is 3.16. The van der Waals surface area contributed by atoms with E-state index in [2.05, 4.69) is 31.2 Å². The Morgan fingerprint density at radius 3 is 2.49 bits per heavy atom. The van der Waals surface area contributed by atoms with Crippen molar-refractivity contribution in [2.24, 2.45) is 12.8 Å². The largest absolute Gasteiger partial charge is 0.457 e. The highest BCUT2D eigenvalue weighted by molar-refractivity contribution is 9.10. The monoisotopic (exact) mass is 528 g/mol. The maximum Gasteiger partial charge on any atom is 0.231 e. The number of imidazole rings is 1. The molecule has 3 aromatic heterocycles. The van der Waals surface area contributed by atoms with E-state index in [4.69, 9.17) is 15.5 Å². The van der Waals surface area contributed by atoms with Gasteiger partial charge in [0.15, 0.2) is 0 Å². The Hall–Kier alpha value is -4.24. The van der Waals surface area contributed by atoms with E-state index in [-0.39, 0.29) is 0 Å². The number of rotatable bonds is 7. The maximum atomic E-state index is 12.2. The molecule has 3 N–H and O–H groups in total. The molecule has 3 heterocycles. The Kier molecular flexibility index (Phi) is 6.15. The van der Waals surface area contributed by atoms with Gasteiger partial charge in [-0.3, -0.25) is 14.8 Å². The van der Waals surface area contributed by atoms with Crippen molar-refractivity contribution in [3.63, 3.8) is 0 Å². The lowest BCUT2D eigenvalue weighted by Gasteiger charge is -2.14. The quantitative estimate of drug-likeness (QED) is 0.297. The van der Waals surface area contributed by atoms with Crippen molar-refractivity contribution in [3.8, 4) is 11.5 Å². The maximum absolute atomic E-state index is 12.2. The van der Waals surface area contributed by atoms with Gasteiger partial charge in [0, 0.05) is 47.9 Å². The number of pyridine rings is 2. The van der Waals surface area contributed by atoms with Crippen LogP contribution in [0.2, 0.25) is 0 Å². The first-order chi connectivity index (χ1) is 17.0. The number of primary amides is 1. The fraction of sp³-hybridized carbons (Fsp3) is 0.0769. The molecule has 0 aliphatic heterocycles. The summed E-state index contributed by atoms with van der Waals surface area (Å²) in [6.45, 7) is 0. The second-order valence-corrected chi connectivity index (χ2v) is 8.83. The summed E-state index contributed by atoms with van der Waals surface area (Å²) < 4.78 is 9.09. The van der Waals surface area contributed by atoms with Crippen molar-refractivity contribution in [3.05, 3.63) is 101 Å². The van der Waals surface area contributed by atoms with E-state index in [0.29, 0.717) is 23.1 Å². The number of aryl methyl sites for hydroxylation is 1. The number of nitrogens with zero attached hydrogens (tertiary/aromatic N) is 4. The van der Waals surface area contributed by atoms with Crippen LogP contribution in [-0.4, -0.2) is 25.4 Å². The highest BCUT2D eigenvalue weighted by Crippen LogP contribution is 2.30. The second-order valence-electron chi connectivity index (χ2n) is 7.91. The minimum atomic E-state index is -0.702. The van der Waals surface area contributed by atoms with Crippen molar-refractivity contribution >= 4 is 44.5 Å². The molecule has 2 aromatic carbocycles. The van der Waals surface area contributed by atoms with Gasteiger partial charge in [-0.25, -0.2) is 4.98 Å². The van der Waals surface area contributed by atoms with Crippen LogP contribution in [0.25, 0.3) is 11.0 Å². The first-order valence-corrected chi connectivity index (χ1v) is 11.6. The van der Waals surface area contributed by atoms with Crippen LogP contribution in [0.15, 0.2) is 89.8 Å². The van der Waals surface area contributed by atoms with Crippen molar-refractivity contribution in [2.75, 3.05) is 5.32 Å². The van der Waals surface area contributed by atoms with Gasteiger partial charge >= 0.3 is 0 Å². The minimum absolute atomic E-state index is 0.499. The lowest BCUT2D eigenvalue weighted by atomic mass is 9.95. The van der Waals surface area contributed by atoms with Crippen LogP contribution in [-0.2, 0) is 11.8 Å². The highest BCUT2D eigenvalue weighted by atomic mass is 79.9. The predicted molar refractivity (Wildman–Crippen MR) is 138 cm³/mol. The van der Waals surface area contributed by atoms with E-state index in [0.717, 1.165) is 26.8 Å². The van der Waals surface area contributed by atoms with Crippen LogP contribution < -0.4 is 15.8 Å². The summed E-state index contributed by atoms with van der Waals surface area (Å²) in [5.74, 6) is 0.669. The van der Waals surface area contributed by atoms with Gasteiger partial charge in [0.05, 0.1) is 16.7 Å². The number of nitrogens with two attached hydrogens (primary N) is 1. The van der Waals surface area contributed by atoms with Crippen LogP contribution in [0, 0.1) is 0 Å². The van der Waals surface area contributed by atoms with Crippen LogP contribution in [0.5, 0.6) is 11.5 Å². The summed E-state index contributed by atoms with van der Waals surface area (Å²) in [6.07, 6.45) is 4.84. The summed E-state index contributed by atoms with van der Waals surface area (Å²) in [4.78, 5) is 25.3. The number of carbonyl (C=O) groups is 1. The molecule has 35 heavy (non-hydrogen) atoms. The lowest BCUT2D eigenvalue weighted by molar-refractivity contribution is -0.118. The predicted octanol–water partition coefficient (Wildman–Crippen LogP) is 5.28. The molecule has 0 saturated heterocycles. The van der Waals surface area contributed by atoms with E-state index >= 15 is 0 Å². The number of fused-ring (bicyclic) bond motifs is 1. The van der Waals surface area contributed by atoms with Gasteiger partial charge in [-0.15, -0.1) is 0 Å². The average molecular weight is 529 g/mol. The Morgan fingerprint density at radius 2 is 1.74 bits per heavy atom. The first kappa shape index (κ1) is 22.5. The zero-order valence-corrected chi connectivity index (χ0v) is 20.3. The molecule has 0 saturated carbocycles. The topological polar surface area (TPSA) is 108 Å². The summed E-state index contributed by atoms with van der Waals surface area (Å²) >= 11 is 3.45. The first-order valence-electron chi connectivity index (χ1n) is 10.8. The third kappa shape index (κ3) is 4.85. The number of hydrogen-bond acceptors (Lipinski definition) is 6. The molecule has 5 rings (SSSR count). The molecule has 0 bridgehead atoms. The third-order valence-corrected chi connectivity index (χ3v) is 6.09. The summed E-state index contributed by atoms with van der Waals surface area (Å²) in [5, 5.41) is 3.34. The number of halogens is 1. The van der Waals surface area contributed by atoms with Gasteiger partial charge in [0.1, 0.15) is 17.4 Å².